The molecule has 0 saturated heterocycles. The molecule has 2 aromatic carbocycles. The molecule has 2 rings (SSSR count). The topological polar surface area (TPSA) is 40.5 Å². The molecule has 3 nitrogen and oxygen atoms in total. The Hall–Kier alpha value is -2.46. The summed E-state index contributed by atoms with van der Waals surface area (Å²) in [7, 11) is 1.74. The van der Waals surface area contributed by atoms with Gasteiger partial charge in [-0.15, -0.1) is 0 Å². The third-order valence-electron chi connectivity index (χ3n) is 5.24. The Kier molecular flexibility index (Phi) is 8.59. The van der Waals surface area contributed by atoms with Gasteiger partial charge in [-0.25, -0.2) is 4.39 Å². The van der Waals surface area contributed by atoms with E-state index in [1.165, 1.54) is 12.1 Å². The van der Waals surface area contributed by atoms with Crippen LogP contribution in [0.25, 0.3) is 0 Å². The second-order valence-electron chi connectivity index (χ2n) is 7.98. The minimum atomic E-state index is -0.761. The van der Waals surface area contributed by atoms with Gasteiger partial charge in [-0.3, -0.25) is 4.79 Å². The maximum absolute atomic E-state index is 13.3. The molecule has 1 amide bonds. The van der Waals surface area contributed by atoms with E-state index in [1.807, 2.05) is 43.3 Å². The summed E-state index contributed by atoms with van der Waals surface area (Å²) in [4.78, 5) is 14.9. The Bertz CT molecular complexity index is 786. The molecule has 0 spiro atoms. The quantitative estimate of drug-likeness (QED) is 0.593. The molecule has 2 aromatic rings. The molecule has 0 aliphatic rings. The van der Waals surface area contributed by atoms with Gasteiger partial charge in [0.15, 0.2) is 0 Å². The van der Waals surface area contributed by atoms with Crippen LogP contribution in [0.3, 0.4) is 0 Å². The summed E-state index contributed by atoms with van der Waals surface area (Å²) in [5.41, 5.74) is 1.71. The van der Waals surface area contributed by atoms with Crippen molar-refractivity contribution in [2.24, 2.45) is 11.8 Å². The number of hydrogen-bond donors (Lipinski definition) is 1. The number of rotatable bonds is 9. The third kappa shape index (κ3) is 6.82. The van der Waals surface area contributed by atoms with Crippen LogP contribution in [0.4, 0.5) is 4.39 Å². The molecule has 4 heteroatoms. The minimum absolute atomic E-state index is 0.0230. The van der Waals surface area contributed by atoms with Gasteiger partial charge in [-0.05, 0) is 48.9 Å². The first kappa shape index (κ1) is 22.8. The molecule has 0 fully saturated rings. The second-order valence-corrected chi connectivity index (χ2v) is 7.98. The molecule has 3 atom stereocenters. The fourth-order valence-electron chi connectivity index (χ4n) is 3.32. The van der Waals surface area contributed by atoms with Crippen molar-refractivity contribution in [1.82, 2.24) is 4.90 Å². The minimum Gasteiger partial charge on any atom is -0.386 e. The Morgan fingerprint density at radius 2 is 1.69 bits per heavy atom. The number of amides is 1. The van der Waals surface area contributed by atoms with Gasteiger partial charge in [-0.1, -0.05) is 68.5 Å². The smallest absolute Gasteiger partial charge is 0.226 e. The number of hydrogen-bond acceptors (Lipinski definition) is 2. The fourth-order valence-corrected chi connectivity index (χ4v) is 3.32. The summed E-state index contributed by atoms with van der Waals surface area (Å²) in [6.07, 6.45) is 4.51. The Labute approximate surface area is 173 Å². The number of carbonyl (C=O) groups is 1. The van der Waals surface area contributed by atoms with Crippen LogP contribution in [0.15, 0.2) is 66.7 Å². The molecular weight excluding hydrogens is 365 g/mol. The van der Waals surface area contributed by atoms with Gasteiger partial charge in [0, 0.05) is 13.0 Å². The second kappa shape index (κ2) is 10.9. The van der Waals surface area contributed by atoms with Crippen molar-refractivity contribution >= 4 is 5.91 Å². The molecule has 156 valence electrons. The zero-order valence-corrected chi connectivity index (χ0v) is 17.8. The van der Waals surface area contributed by atoms with Crippen LogP contribution in [-0.2, 0) is 11.2 Å². The number of nitrogens with zero attached hydrogens (tertiary/aromatic N) is 1. The van der Waals surface area contributed by atoms with Gasteiger partial charge >= 0.3 is 0 Å². The highest BCUT2D eigenvalue weighted by Crippen LogP contribution is 2.23. The van der Waals surface area contributed by atoms with Crippen molar-refractivity contribution < 1.29 is 14.3 Å². The lowest BCUT2D eigenvalue weighted by Gasteiger charge is -2.32. The summed E-state index contributed by atoms with van der Waals surface area (Å²) in [6.45, 7) is 6.05. The van der Waals surface area contributed by atoms with E-state index in [0.29, 0.717) is 18.8 Å². The molecule has 0 aliphatic heterocycles. The monoisotopic (exact) mass is 397 g/mol. The molecule has 0 saturated carbocycles. The van der Waals surface area contributed by atoms with Gasteiger partial charge in [0.2, 0.25) is 5.91 Å². The third-order valence-corrected chi connectivity index (χ3v) is 5.24. The number of benzene rings is 2. The number of aliphatic hydroxyl groups excluding tert-OH is 1. The predicted octanol–water partition coefficient (Wildman–Crippen LogP) is 5.17. The Morgan fingerprint density at radius 1 is 1.07 bits per heavy atom. The number of carbonyl (C=O) groups excluding carboxylic acids is 1. The van der Waals surface area contributed by atoms with E-state index in [2.05, 4.69) is 19.9 Å². The molecule has 1 N–H and O–H groups in total. The maximum atomic E-state index is 13.3. The summed E-state index contributed by atoms with van der Waals surface area (Å²) in [6, 6.07) is 15.3. The number of halogens is 1. The van der Waals surface area contributed by atoms with E-state index in [-0.39, 0.29) is 23.7 Å². The lowest BCUT2D eigenvalue weighted by Crippen LogP contribution is -2.42. The maximum Gasteiger partial charge on any atom is 0.226 e. The van der Waals surface area contributed by atoms with E-state index in [0.717, 1.165) is 11.1 Å². The fraction of sp³-hybridized carbons (Fsp3) is 0.400. The summed E-state index contributed by atoms with van der Waals surface area (Å²) in [5.74, 6) is -0.169. The summed E-state index contributed by atoms with van der Waals surface area (Å²) < 4.78 is 13.2. The Balaban J connectivity index is 2.16. The van der Waals surface area contributed by atoms with Crippen molar-refractivity contribution in [3.63, 3.8) is 0 Å². The van der Waals surface area contributed by atoms with Crippen LogP contribution in [-0.4, -0.2) is 29.0 Å². The van der Waals surface area contributed by atoms with Gasteiger partial charge in [0.1, 0.15) is 5.82 Å². The summed E-state index contributed by atoms with van der Waals surface area (Å²) in [5, 5.41) is 10.7. The van der Waals surface area contributed by atoms with Crippen molar-refractivity contribution in [1.29, 1.82) is 0 Å². The molecule has 0 heterocycles. The molecule has 0 radical (unpaired) electrons. The molecule has 0 aromatic heterocycles. The van der Waals surface area contributed by atoms with Gasteiger partial charge < -0.3 is 10.0 Å². The van der Waals surface area contributed by atoms with Crippen molar-refractivity contribution in [2.75, 3.05) is 7.05 Å². The summed E-state index contributed by atoms with van der Waals surface area (Å²) >= 11 is 0. The molecule has 0 aliphatic carbocycles. The van der Waals surface area contributed by atoms with Crippen LogP contribution in [0, 0.1) is 17.7 Å². The first-order valence-electron chi connectivity index (χ1n) is 10.2. The molecular formula is C25H32FNO2. The van der Waals surface area contributed by atoms with Crippen LogP contribution in [0.2, 0.25) is 0 Å². The molecule has 29 heavy (non-hydrogen) atoms. The Morgan fingerprint density at radius 3 is 2.28 bits per heavy atom. The normalized spacial score (nSPS) is 14.7. The van der Waals surface area contributed by atoms with Crippen molar-refractivity contribution in [3.05, 3.63) is 83.7 Å². The van der Waals surface area contributed by atoms with Gasteiger partial charge in [0.05, 0.1) is 12.1 Å². The average molecular weight is 398 g/mol. The SMILES string of the molecule is CC(C)/C=C/C[C@@H](Cc1ccc(F)cc1)C(=O)N(C)[C@H](C)[C@H](O)c1ccccc1. The van der Waals surface area contributed by atoms with E-state index in [1.54, 1.807) is 24.1 Å². The van der Waals surface area contributed by atoms with Gasteiger partial charge in [0.25, 0.3) is 0 Å². The number of aliphatic hydroxyl groups is 1. The van der Waals surface area contributed by atoms with Crippen LogP contribution >= 0.6 is 0 Å². The van der Waals surface area contributed by atoms with Crippen LogP contribution in [0.5, 0.6) is 0 Å². The zero-order chi connectivity index (χ0) is 21.4. The molecule has 0 unspecified atom stereocenters. The predicted molar refractivity (Wildman–Crippen MR) is 116 cm³/mol. The van der Waals surface area contributed by atoms with Crippen molar-refractivity contribution in [2.45, 2.75) is 45.8 Å². The van der Waals surface area contributed by atoms with E-state index in [4.69, 9.17) is 0 Å². The van der Waals surface area contributed by atoms with E-state index < -0.39 is 6.10 Å². The standard InChI is InChI=1S/C25H32FNO2/c1-18(2)9-8-12-22(17-20-13-15-23(26)16-14-20)25(29)27(4)19(3)24(28)21-10-6-5-7-11-21/h5-11,13-16,18-19,22,24,28H,12,17H2,1-4H3/b9-8+/t19-,22+,24+/m1/s1. The highest BCUT2D eigenvalue weighted by atomic mass is 19.1. The highest BCUT2D eigenvalue weighted by molar-refractivity contribution is 5.79. The zero-order valence-electron chi connectivity index (χ0n) is 17.8. The van der Waals surface area contributed by atoms with Crippen LogP contribution < -0.4 is 0 Å². The first-order valence-corrected chi connectivity index (χ1v) is 10.2. The van der Waals surface area contributed by atoms with E-state index in [9.17, 15) is 14.3 Å². The number of allylic oxidation sites excluding steroid dienone is 2. The lowest BCUT2D eigenvalue weighted by molar-refractivity contribution is -0.138. The first-order chi connectivity index (χ1) is 13.8. The van der Waals surface area contributed by atoms with Crippen LogP contribution in [0.1, 0.15) is 44.4 Å². The largest absolute Gasteiger partial charge is 0.386 e. The van der Waals surface area contributed by atoms with E-state index >= 15 is 0 Å². The highest BCUT2D eigenvalue weighted by Gasteiger charge is 2.28. The van der Waals surface area contributed by atoms with Crippen molar-refractivity contribution in [3.8, 4) is 0 Å². The average Bonchev–Trinajstić information content (AvgIpc) is 2.72. The van der Waals surface area contributed by atoms with Gasteiger partial charge in [-0.2, -0.15) is 0 Å². The number of likely N-dealkylation sites (N-methyl/N-ethyl adjacent to an activating group) is 1. The lowest BCUT2D eigenvalue weighted by atomic mass is 9.93. The molecule has 0 bridgehead atoms.